The molecule has 0 atom stereocenters. The lowest BCUT2D eigenvalue weighted by atomic mass is 10.1. The molecule has 0 radical (unpaired) electrons. The Morgan fingerprint density at radius 1 is 1.29 bits per heavy atom. The molecule has 0 spiro atoms. The van der Waals surface area contributed by atoms with E-state index < -0.39 is 0 Å². The Hall–Kier alpha value is -3.15. The summed E-state index contributed by atoms with van der Waals surface area (Å²) in [6.07, 6.45) is 3.00. The topological polar surface area (TPSA) is 72.4 Å². The van der Waals surface area contributed by atoms with Gasteiger partial charge in [0.15, 0.2) is 0 Å². The summed E-state index contributed by atoms with van der Waals surface area (Å²) in [6.45, 7) is 4.60. The van der Waals surface area contributed by atoms with Crippen molar-refractivity contribution in [3.63, 3.8) is 0 Å². The van der Waals surface area contributed by atoms with Crippen LogP contribution in [0.2, 0.25) is 0 Å². The first-order valence-corrected chi connectivity index (χ1v) is 7.59. The minimum Gasteiger partial charge on any atom is -0.463 e. The highest BCUT2D eigenvalue weighted by atomic mass is 16.3. The summed E-state index contributed by atoms with van der Waals surface area (Å²) in [5, 5.41) is 8.33. The van der Waals surface area contributed by atoms with E-state index in [1.54, 1.807) is 24.5 Å². The number of amides is 1. The third kappa shape index (κ3) is 3.78. The van der Waals surface area contributed by atoms with Gasteiger partial charge in [-0.15, -0.1) is 0 Å². The first-order valence-electron chi connectivity index (χ1n) is 7.59. The first-order chi connectivity index (χ1) is 11.6. The van der Waals surface area contributed by atoms with Gasteiger partial charge >= 0.3 is 0 Å². The average molecular weight is 322 g/mol. The minimum absolute atomic E-state index is 0.270. The Morgan fingerprint density at radius 3 is 2.88 bits per heavy atom. The molecule has 0 fully saturated rings. The normalized spacial score (nSPS) is 11.1. The van der Waals surface area contributed by atoms with Crippen LogP contribution in [-0.4, -0.2) is 21.9 Å². The highest BCUT2D eigenvalue weighted by molar-refractivity contribution is 5.94. The minimum atomic E-state index is -0.270. The van der Waals surface area contributed by atoms with Gasteiger partial charge in [-0.25, -0.2) is 5.43 Å². The van der Waals surface area contributed by atoms with E-state index in [0.29, 0.717) is 17.9 Å². The van der Waals surface area contributed by atoms with Crippen LogP contribution in [0.4, 0.5) is 0 Å². The van der Waals surface area contributed by atoms with Crippen molar-refractivity contribution < 1.29 is 9.21 Å². The van der Waals surface area contributed by atoms with Crippen LogP contribution in [0.15, 0.2) is 58.2 Å². The molecule has 0 aliphatic carbocycles. The second kappa shape index (κ2) is 6.95. The number of hydrazone groups is 1. The Bertz CT molecular complexity index is 863. The highest BCUT2D eigenvalue weighted by Gasteiger charge is 2.07. The summed E-state index contributed by atoms with van der Waals surface area (Å²) in [5.41, 5.74) is 6.11. The van der Waals surface area contributed by atoms with Crippen LogP contribution in [0.5, 0.6) is 0 Å². The molecule has 0 aliphatic rings. The van der Waals surface area contributed by atoms with Gasteiger partial charge in [0.05, 0.1) is 24.7 Å². The van der Waals surface area contributed by atoms with Gasteiger partial charge in [0, 0.05) is 11.3 Å². The molecule has 1 amide bonds. The van der Waals surface area contributed by atoms with Crippen molar-refractivity contribution in [3.05, 3.63) is 77.0 Å². The number of aromatic nitrogens is 2. The molecule has 24 heavy (non-hydrogen) atoms. The SMILES string of the molecule is Cc1cc(C)n(Cc2cccc(C(=O)NN=Cc3ccco3)c2)n1. The first kappa shape index (κ1) is 15.7. The number of aryl methyl sites for hydroxylation is 2. The van der Waals surface area contributed by atoms with Crippen molar-refractivity contribution in [2.24, 2.45) is 5.10 Å². The van der Waals surface area contributed by atoms with E-state index in [4.69, 9.17) is 4.42 Å². The maximum atomic E-state index is 12.2. The molecule has 0 saturated carbocycles. The number of rotatable bonds is 5. The van der Waals surface area contributed by atoms with Crippen molar-refractivity contribution in [1.29, 1.82) is 0 Å². The van der Waals surface area contributed by atoms with Crippen molar-refractivity contribution in [3.8, 4) is 0 Å². The van der Waals surface area contributed by atoms with Gasteiger partial charge in [-0.3, -0.25) is 9.48 Å². The van der Waals surface area contributed by atoms with E-state index >= 15 is 0 Å². The van der Waals surface area contributed by atoms with Gasteiger partial charge in [-0.2, -0.15) is 10.2 Å². The van der Waals surface area contributed by atoms with Crippen molar-refractivity contribution in [1.82, 2.24) is 15.2 Å². The number of benzene rings is 1. The lowest BCUT2D eigenvalue weighted by Gasteiger charge is -2.06. The Morgan fingerprint density at radius 2 is 2.17 bits per heavy atom. The third-order valence-corrected chi connectivity index (χ3v) is 3.53. The smallest absolute Gasteiger partial charge is 0.271 e. The highest BCUT2D eigenvalue weighted by Crippen LogP contribution is 2.10. The molecule has 3 aromatic rings. The molecule has 3 rings (SSSR count). The van der Waals surface area contributed by atoms with E-state index in [-0.39, 0.29) is 5.91 Å². The molecule has 0 unspecified atom stereocenters. The lowest BCUT2D eigenvalue weighted by Crippen LogP contribution is -2.18. The van der Waals surface area contributed by atoms with Crippen LogP contribution in [0, 0.1) is 13.8 Å². The van der Waals surface area contributed by atoms with E-state index in [1.165, 1.54) is 6.21 Å². The molecule has 2 heterocycles. The van der Waals surface area contributed by atoms with Crippen LogP contribution in [0.1, 0.15) is 33.1 Å². The van der Waals surface area contributed by atoms with Crippen LogP contribution in [0.25, 0.3) is 0 Å². The molecular formula is C18H18N4O2. The maximum absolute atomic E-state index is 12.2. The zero-order valence-electron chi connectivity index (χ0n) is 13.6. The van der Waals surface area contributed by atoms with Crippen molar-refractivity contribution in [2.75, 3.05) is 0 Å². The van der Waals surface area contributed by atoms with E-state index in [0.717, 1.165) is 17.0 Å². The summed E-state index contributed by atoms with van der Waals surface area (Å²) in [7, 11) is 0. The van der Waals surface area contributed by atoms with Gasteiger partial charge in [0.25, 0.3) is 5.91 Å². The second-order valence-electron chi connectivity index (χ2n) is 5.50. The van der Waals surface area contributed by atoms with Gasteiger partial charge in [0.1, 0.15) is 5.76 Å². The van der Waals surface area contributed by atoms with E-state index in [1.807, 2.05) is 42.8 Å². The van der Waals surface area contributed by atoms with Gasteiger partial charge in [-0.05, 0) is 49.7 Å². The molecule has 2 aromatic heterocycles. The lowest BCUT2D eigenvalue weighted by molar-refractivity contribution is 0.0955. The van der Waals surface area contributed by atoms with Gasteiger partial charge in [-0.1, -0.05) is 12.1 Å². The summed E-state index contributed by atoms with van der Waals surface area (Å²) >= 11 is 0. The summed E-state index contributed by atoms with van der Waals surface area (Å²) in [5.74, 6) is 0.307. The monoisotopic (exact) mass is 322 g/mol. The maximum Gasteiger partial charge on any atom is 0.271 e. The quantitative estimate of drug-likeness (QED) is 0.580. The Labute approximate surface area is 139 Å². The van der Waals surface area contributed by atoms with Crippen LogP contribution < -0.4 is 5.43 Å². The number of carbonyl (C=O) groups excluding carboxylic acids is 1. The summed E-state index contributed by atoms with van der Waals surface area (Å²) in [6, 6.07) is 13.0. The number of carbonyl (C=O) groups is 1. The molecule has 1 N–H and O–H groups in total. The fraction of sp³-hybridized carbons (Fsp3) is 0.167. The zero-order valence-corrected chi connectivity index (χ0v) is 13.6. The largest absolute Gasteiger partial charge is 0.463 e. The van der Waals surface area contributed by atoms with Gasteiger partial charge in [0.2, 0.25) is 0 Å². The number of nitrogens with zero attached hydrogens (tertiary/aromatic N) is 3. The van der Waals surface area contributed by atoms with E-state index in [2.05, 4.69) is 15.6 Å². The Kier molecular flexibility index (Phi) is 4.56. The van der Waals surface area contributed by atoms with Gasteiger partial charge < -0.3 is 4.42 Å². The zero-order chi connectivity index (χ0) is 16.9. The summed E-state index contributed by atoms with van der Waals surface area (Å²) < 4.78 is 7.03. The fourth-order valence-electron chi connectivity index (χ4n) is 2.40. The number of hydrogen-bond acceptors (Lipinski definition) is 4. The van der Waals surface area contributed by atoms with Crippen molar-refractivity contribution in [2.45, 2.75) is 20.4 Å². The standard InChI is InChI=1S/C18H18N4O2/c1-13-9-14(2)22(21-13)12-15-5-3-6-16(10-15)18(23)20-19-11-17-7-4-8-24-17/h3-11H,12H2,1-2H3,(H,20,23). The van der Waals surface area contributed by atoms with Crippen LogP contribution in [-0.2, 0) is 6.54 Å². The van der Waals surface area contributed by atoms with Crippen molar-refractivity contribution >= 4 is 12.1 Å². The predicted octanol–water partition coefficient (Wildman–Crippen LogP) is 2.91. The second-order valence-corrected chi connectivity index (χ2v) is 5.50. The molecule has 6 nitrogen and oxygen atoms in total. The number of furan rings is 1. The predicted molar refractivity (Wildman–Crippen MR) is 91.0 cm³/mol. The molecule has 122 valence electrons. The third-order valence-electron chi connectivity index (χ3n) is 3.53. The molecule has 0 bridgehead atoms. The molecule has 0 saturated heterocycles. The molecule has 1 aromatic carbocycles. The average Bonchev–Trinajstić information content (AvgIpc) is 3.18. The molecule has 6 heteroatoms. The van der Waals surface area contributed by atoms with Crippen LogP contribution >= 0.6 is 0 Å². The van der Waals surface area contributed by atoms with Crippen LogP contribution in [0.3, 0.4) is 0 Å². The summed E-state index contributed by atoms with van der Waals surface area (Å²) in [4.78, 5) is 12.2. The number of hydrogen-bond donors (Lipinski definition) is 1. The number of nitrogens with one attached hydrogen (secondary N) is 1. The Balaban J connectivity index is 1.68. The fourth-order valence-corrected chi connectivity index (χ4v) is 2.40. The van der Waals surface area contributed by atoms with E-state index in [9.17, 15) is 4.79 Å². The molecule has 0 aliphatic heterocycles. The molecular weight excluding hydrogens is 304 g/mol.